The summed E-state index contributed by atoms with van der Waals surface area (Å²) in [6.45, 7) is 8.86. The van der Waals surface area contributed by atoms with E-state index < -0.39 is 17.9 Å². The Hall–Kier alpha value is -2.11. The van der Waals surface area contributed by atoms with E-state index in [1.807, 2.05) is 13.8 Å². The molecule has 0 saturated heterocycles. The van der Waals surface area contributed by atoms with E-state index in [9.17, 15) is 9.59 Å². The van der Waals surface area contributed by atoms with Crippen LogP contribution in [0.15, 0.2) is 17.2 Å². The van der Waals surface area contributed by atoms with E-state index in [4.69, 9.17) is 9.63 Å². The maximum absolute atomic E-state index is 12.1. The molecule has 0 aliphatic heterocycles. The minimum absolute atomic E-state index is 0.00960. The van der Waals surface area contributed by atoms with Gasteiger partial charge in [0.05, 0.1) is 5.69 Å². The van der Waals surface area contributed by atoms with Gasteiger partial charge in [0.25, 0.3) is 5.91 Å². The van der Waals surface area contributed by atoms with Crippen LogP contribution in [0, 0.1) is 6.92 Å². The van der Waals surface area contributed by atoms with Crippen LogP contribution in [0.25, 0.3) is 0 Å². The molecule has 1 aromatic heterocycles. The van der Waals surface area contributed by atoms with Crippen molar-refractivity contribution in [3.63, 3.8) is 0 Å². The fraction of sp³-hybridized carbons (Fsp3) is 0.462. The van der Waals surface area contributed by atoms with Crippen molar-refractivity contribution in [2.75, 3.05) is 0 Å². The van der Waals surface area contributed by atoms with Gasteiger partial charge in [-0.1, -0.05) is 25.1 Å². The molecule has 0 fully saturated rings. The second-order valence-electron chi connectivity index (χ2n) is 4.55. The lowest BCUT2D eigenvalue weighted by molar-refractivity contribution is -0.139. The fourth-order valence-electron chi connectivity index (χ4n) is 1.68. The molecule has 0 saturated carbocycles. The Labute approximate surface area is 111 Å². The van der Waals surface area contributed by atoms with Gasteiger partial charge in [-0.25, -0.2) is 4.79 Å². The van der Waals surface area contributed by atoms with Crippen LogP contribution >= 0.6 is 0 Å². The topological polar surface area (TPSA) is 92.4 Å². The average Bonchev–Trinajstić information content (AvgIpc) is 2.70. The quantitative estimate of drug-likeness (QED) is 0.767. The van der Waals surface area contributed by atoms with Crippen molar-refractivity contribution < 1.29 is 19.2 Å². The molecule has 6 heteroatoms. The van der Waals surface area contributed by atoms with Crippen LogP contribution in [0.1, 0.15) is 48.0 Å². The molecule has 19 heavy (non-hydrogen) atoms. The van der Waals surface area contributed by atoms with E-state index in [1.54, 1.807) is 6.92 Å². The lowest BCUT2D eigenvalue weighted by atomic mass is 10.0. The van der Waals surface area contributed by atoms with Crippen LogP contribution in [-0.4, -0.2) is 28.2 Å². The Morgan fingerprint density at radius 1 is 1.53 bits per heavy atom. The smallest absolute Gasteiger partial charge is 0.326 e. The molecular formula is C13H18N2O4. The number of nitrogens with one attached hydrogen (secondary N) is 1. The second-order valence-corrected chi connectivity index (χ2v) is 4.55. The lowest BCUT2D eigenvalue weighted by Gasteiger charge is -2.13. The number of carboxylic acid groups (broad SMARTS) is 1. The van der Waals surface area contributed by atoms with Gasteiger partial charge in [0.1, 0.15) is 11.6 Å². The second kappa shape index (κ2) is 6.17. The summed E-state index contributed by atoms with van der Waals surface area (Å²) < 4.78 is 5.10. The molecule has 0 aliphatic rings. The summed E-state index contributed by atoms with van der Waals surface area (Å²) in [5.74, 6) is -1.15. The molecule has 0 radical (unpaired) electrons. The highest BCUT2D eigenvalue weighted by Gasteiger charge is 2.26. The summed E-state index contributed by atoms with van der Waals surface area (Å²) >= 11 is 0. The standard InChI is InChI=1S/C13H18N2O4/c1-5-6-9(13(17)18)14-12(16)10-8(4)15-19-11(10)7(2)3/h5,7,9H,1,6H2,2-4H3,(H,14,16)(H,17,18). The minimum atomic E-state index is -1.10. The molecule has 104 valence electrons. The van der Waals surface area contributed by atoms with Gasteiger partial charge in [-0.15, -0.1) is 6.58 Å². The molecule has 0 spiro atoms. The number of aliphatic carboxylic acids is 1. The number of aryl methyl sites for hydroxylation is 1. The van der Waals surface area contributed by atoms with Gasteiger partial charge in [-0.05, 0) is 13.3 Å². The Kier molecular flexibility index (Phi) is 4.86. The molecule has 2 N–H and O–H groups in total. The molecule has 6 nitrogen and oxygen atoms in total. The maximum atomic E-state index is 12.1. The molecule has 1 heterocycles. The van der Waals surface area contributed by atoms with Crippen molar-refractivity contribution in [2.24, 2.45) is 0 Å². The van der Waals surface area contributed by atoms with Gasteiger partial charge in [-0.3, -0.25) is 4.79 Å². The molecular weight excluding hydrogens is 248 g/mol. The summed E-state index contributed by atoms with van der Waals surface area (Å²) in [6, 6.07) is -1.00. The lowest BCUT2D eigenvalue weighted by Crippen LogP contribution is -2.40. The summed E-state index contributed by atoms with van der Waals surface area (Å²) in [5, 5.41) is 15.2. The van der Waals surface area contributed by atoms with E-state index in [-0.39, 0.29) is 12.3 Å². The number of amides is 1. The zero-order chi connectivity index (χ0) is 14.6. The number of hydrogen-bond acceptors (Lipinski definition) is 4. The number of hydrogen-bond donors (Lipinski definition) is 2. The van der Waals surface area contributed by atoms with Gasteiger partial charge >= 0.3 is 5.97 Å². The number of carbonyl (C=O) groups is 2. The molecule has 1 amide bonds. The third kappa shape index (κ3) is 3.43. The molecule has 1 unspecified atom stereocenters. The van der Waals surface area contributed by atoms with Crippen molar-refractivity contribution in [3.05, 3.63) is 29.7 Å². The molecule has 1 atom stereocenters. The number of rotatable bonds is 6. The zero-order valence-electron chi connectivity index (χ0n) is 11.3. The highest BCUT2D eigenvalue weighted by molar-refractivity contribution is 5.98. The van der Waals surface area contributed by atoms with Crippen LogP contribution in [0.5, 0.6) is 0 Å². The first-order chi connectivity index (χ1) is 8.88. The van der Waals surface area contributed by atoms with Gasteiger partial charge in [0, 0.05) is 5.92 Å². The Morgan fingerprint density at radius 2 is 2.16 bits per heavy atom. The van der Waals surface area contributed by atoms with Gasteiger partial charge in [0.15, 0.2) is 5.76 Å². The number of aromatic nitrogens is 1. The fourth-order valence-corrected chi connectivity index (χ4v) is 1.68. The molecule has 1 rings (SSSR count). The Bertz CT molecular complexity index is 491. The summed E-state index contributed by atoms with van der Waals surface area (Å²) in [7, 11) is 0. The first kappa shape index (κ1) is 14.9. The van der Waals surface area contributed by atoms with Crippen molar-refractivity contribution in [1.29, 1.82) is 0 Å². The van der Waals surface area contributed by atoms with Gasteiger partial charge in [0.2, 0.25) is 0 Å². The predicted octanol–water partition coefficient (Wildman–Crippen LogP) is 1.87. The van der Waals surface area contributed by atoms with E-state index in [1.165, 1.54) is 6.08 Å². The van der Waals surface area contributed by atoms with Crippen molar-refractivity contribution in [2.45, 2.75) is 39.2 Å². The largest absolute Gasteiger partial charge is 0.480 e. The summed E-state index contributed by atoms with van der Waals surface area (Å²) in [4.78, 5) is 23.1. The van der Waals surface area contributed by atoms with E-state index in [0.717, 1.165) is 0 Å². The molecule has 0 bridgehead atoms. The SMILES string of the molecule is C=CCC(NC(=O)c1c(C)noc1C(C)C)C(=O)O. The molecule has 0 aromatic carbocycles. The van der Waals surface area contributed by atoms with E-state index in [2.05, 4.69) is 17.1 Å². The third-order valence-electron chi connectivity index (χ3n) is 2.65. The highest BCUT2D eigenvalue weighted by Crippen LogP contribution is 2.22. The van der Waals surface area contributed by atoms with Crippen LogP contribution < -0.4 is 5.32 Å². The normalized spacial score (nSPS) is 12.2. The monoisotopic (exact) mass is 266 g/mol. The van der Waals surface area contributed by atoms with Crippen LogP contribution in [-0.2, 0) is 4.79 Å². The number of carbonyl (C=O) groups excluding carboxylic acids is 1. The molecule has 0 aliphatic carbocycles. The van der Waals surface area contributed by atoms with Crippen molar-refractivity contribution >= 4 is 11.9 Å². The van der Waals surface area contributed by atoms with Crippen LogP contribution in [0.4, 0.5) is 0 Å². The van der Waals surface area contributed by atoms with E-state index >= 15 is 0 Å². The first-order valence-electron chi connectivity index (χ1n) is 5.99. The Balaban J connectivity index is 2.97. The Morgan fingerprint density at radius 3 is 2.63 bits per heavy atom. The van der Waals surface area contributed by atoms with Gasteiger partial charge < -0.3 is 14.9 Å². The molecule has 1 aromatic rings. The highest BCUT2D eigenvalue weighted by atomic mass is 16.5. The van der Waals surface area contributed by atoms with E-state index in [0.29, 0.717) is 17.0 Å². The first-order valence-corrected chi connectivity index (χ1v) is 5.99. The summed E-state index contributed by atoms with van der Waals surface area (Å²) in [5.41, 5.74) is 0.759. The maximum Gasteiger partial charge on any atom is 0.326 e. The van der Waals surface area contributed by atoms with Crippen LogP contribution in [0.2, 0.25) is 0 Å². The van der Waals surface area contributed by atoms with Gasteiger partial charge in [-0.2, -0.15) is 0 Å². The number of nitrogens with zero attached hydrogens (tertiary/aromatic N) is 1. The average molecular weight is 266 g/mol. The van der Waals surface area contributed by atoms with Crippen LogP contribution in [0.3, 0.4) is 0 Å². The summed E-state index contributed by atoms with van der Waals surface area (Å²) in [6.07, 6.45) is 1.60. The van der Waals surface area contributed by atoms with Crippen molar-refractivity contribution in [1.82, 2.24) is 10.5 Å². The zero-order valence-corrected chi connectivity index (χ0v) is 11.3. The van der Waals surface area contributed by atoms with Crippen molar-refractivity contribution in [3.8, 4) is 0 Å². The minimum Gasteiger partial charge on any atom is -0.480 e. The number of carboxylic acids is 1. The third-order valence-corrected chi connectivity index (χ3v) is 2.65. The predicted molar refractivity (Wildman–Crippen MR) is 69.0 cm³/mol.